The molecule has 3 aromatic carbocycles. The molecule has 0 amide bonds. The molecular formula is C34H37FN2O3. The van der Waals surface area contributed by atoms with E-state index in [0.717, 1.165) is 77.0 Å². The Morgan fingerprint density at radius 1 is 1.02 bits per heavy atom. The number of aromatic nitrogens is 1. The van der Waals surface area contributed by atoms with Crippen molar-refractivity contribution in [2.45, 2.75) is 77.4 Å². The molecule has 4 aromatic rings. The van der Waals surface area contributed by atoms with Crippen LogP contribution >= 0.6 is 0 Å². The Morgan fingerprint density at radius 2 is 1.82 bits per heavy atom. The third-order valence-electron chi connectivity index (χ3n) is 8.70. The fourth-order valence-electron chi connectivity index (χ4n) is 6.55. The lowest BCUT2D eigenvalue weighted by Gasteiger charge is -2.32. The van der Waals surface area contributed by atoms with E-state index in [0.29, 0.717) is 25.6 Å². The fourth-order valence-corrected chi connectivity index (χ4v) is 6.55. The Kier molecular flexibility index (Phi) is 7.37. The first-order valence-electron chi connectivity index (χ1n) is 14.5. The van der Waals surface area contributed by atoms with Crippen LogP contribution in [0.3, 0.4) is 0 Å². The van der Waals surface area contributed by atoms with E-state index in [-0.39, 0.29) is 11.5 Å². The molecule has 6 rings (SSSR count). The van der Waals surface area contributed by atoms with E-state index >= 15 is 4.39 Å². The number of carbonyl (C=O) groups is 1. The van der Waals surface area contributed by atoms with Crippen molar-refractivity contribution in [2.75, 3.05) is 6.54 Å². The van der Waals surface area contributed by atoms with Gasteiger partial charge in [0.1, 0.15) is 18.5 Å². The Hall–Kier alpha value is -3.64. The van der Waals surface area contributed by atoms with Crippen molar-refractivity contribution in [2.24, 2.45) is 0 Å². The maximum absolute atomic E-state index is 15.6. The van der Waals surface area contributed by atoms with Gasteiger partial charge in [0.05, 0.1) is 11.3 Å². The summed E-state index contributed by atoms with van der Waals surface area (Å²) in [5, 5.41) is 10.8. The van der Waals surface area contributed by atoms with E-state index in [4.69, 9.17) is 4.74 Å². The van der Waals surface area contributed by atoms with E-state index in [9.17, 15) is 9.90 Å². The van der Waals surface area contributed by atoms with Gasteiger partial charge >= 0.3 is 5.97 Å². The van der Waals surface area contributed by atoms with Gasteiger partial charge in [-0.15, -0.1) is 0 Å². The standard InChI is InChI=1S/C34H37FN2O3/c1-22(2)36-16-17-37-31-19-24(34(38)39)12-14-29(31)32(28-10-6-7-11-30(28)35)33(37)27-15-13-26(18-25(27)20-36)40-21-23-8-4-3-5-9-23/h3-5,8-9,12-15,18-19,22,28,30H,6-7,10-11,16-17,20-21H2,1-2H3,(H,38,39)/t28-,30-/m0/s1. The second-order valence-corrected chi connectivity index (χ2v) is 11.5. The molecule has 0 bridgehead atoms. The third kappa shape index (κ3) is 5.01. The highest BCUT2D eigenvalue weighted by molar-refractivity contribution is 5.98. The number of carboxylic acid groups (broad SMARTS) is 1. The number of alkyl halides is 1. The van der Waals surface area contributed by atoms with Crippen molar-refractivity contribution in [3.8, 4) is 17.0 Å². The second kappa shape index (κ2) is 11.1. The Labute approximate surface area is 235 Å². The first-order chi connectivity index (χ1) is 19.4. The molecule has 40 heavy (non-hydrogen) atoms. The van der Waals surface area contributed by atoms with Gasteiger partial charge in [0.2, 0.25) is 0 Å². The molecule has 1 saturated carbocycles. The van der Waals surface area contributed by atoms with E-state index in [1.54, 1.807) is 12.1 Å². The van der Waals surface area contributed by atoms with E-state index in [1.807, 2.05) is 30.3 Å². The average Bonchev–Trinajstić information content (AvgIpc) is 3.26. The van der Waals surface area contributed by atoms with Crippen LogP contribution in [0.1, 0.15) is 72.5 Å². The summed E-state index contributed by atoms with van der Waals surface area (Å²) in [5.74, 6) is -0.341. The van der Waals surface area contributed by atoms with Crippen molar-refractivity contribution >= 4 is 16.9 Å². The van der Waals surface area contributed by atoms with E-state index in [2.05, 4.69) is 47.6 Å². The zero-order chi connectivity index (χ0) is 27.8. The molecule has 1 aliphatic carbocycles. The van der Waals surface area contributed by atoms with Crippen molar-refractivity contribution in [3.63, 3.8) is 0 Å². The third-order valence-corrected chi connectivity index (χ3v) is 8.70. The lowest BCUT2D eigenvalue weighted by molar-refractivity contribution is 0.0697. The SMILES string of the molecule is CC(C)N1CCn2c(c([C@H]3CCCC[C@@H]3F)c3ccc(C(=O)O)cc32)-c2ccc(OCc3ccccc3)cc2C1. The van der Waals surface area contributed by atoms with Crippen LogP contribution in [0, 0.1) is 0 Å². The largest absolute Gasteiger partial charge is 0.489 e. The zero-order valence-electron chi connectivity index (χ0n) is 23.3. The summed E-state index contributed by atoms with van der Waals surface area (Å²) >= 11 is 0. The molecule has 208 valence electrons. The number of hydrogen-bond acceptors (Lipinski definition) is 3. The van der Waals surface area contributed by atoms with E-state index in [1.165, 1.54) is 0 Å². The Morgan fingerprint density at radius 3 is 2.58 bits per heavy atom. The molecule has 0 unspecified atom stereocenters. The van der Waals surface area contributed by atoms with Crippen LogP contribution in [0.2, 0.25) is 0 Å². The smallest absolute Gasteiger partial charge is 0.335 e. The number of benzene rings is 3. The molecular weight excluding hydrogens is 503 g/mol. The minimum absolute atomic E-state index is 0.203. The Balaban J connectivity index is 1.53. The Bertz CT molecular complexity index is 1530. The van der Waals surface area contributed by atoms with Crippen LogP contribution in [-0.4, -0.2) is 39.3 Å². The monoisotopic (exact) mass is 540 g/mol. The first-order valence-corrected chi connectivity index (χ1v) is 14.5. The van der Waals surface area contributed by atoms with Crippen molar-refractivity contribution in [1.82, 2.24) is 9.47 Å². The summed E-state index contributed by atoms with van der Waals surface area (Å²) in [6, 6.07) is 22.1. The molecule has 1 fully saturated rings. The van der Waals surface area contributed by atoms with Gasteiger partial charge in [0.25, 0.3) is 0 Å². The highest BCUT2D eigenvalue weighted by Crippen LogP contribution is 2.47. The number of ether oxygens (including phenoxy) is 1. The molecule has 1 aromatic heterocycles. The molecule has 6 heteroatoms. The van der Waals surface area contributed by atoms with Gasteiger partial charge in [0.15, 0.2) is 0 Å². The van der Waals surface area contributed by atoms with Gasteiger partial charge in [-0.05, 0) is 73.7 Å². The summed E-state index contributed by atoms with van der Waals surface area (Å²) < 4.78 is 24.1. The summed E-state index contributed by atoms with van der Waals surface area (Å²) in [7, 11) is 0. The number of hydrogen-bond donors (Lipinski definition) is 1. The van der Waals surface area contributed by atoms with Crippen molar-refractivity contribution < 1.29 is 19.0 Å². The highest BCUT2D eigenvalue weighted by atomic mass is 19.1. The minimum Gasteiger partial charge on any atom is -0.489 e. The molecule has 0 saturated heterocycles. The van der Waals surface area contributed by atoms with Crippen LogP contribution in [0.4, 0.5) is 4.39 Å². The molecule has 2 heterocycles. The molecule has 0 radical (unpaired) electrons. The predicted octanol–water partition coefficient (Wildman–Crippen LogP) is 7.81. The van der Waals surface area contributed by atoms with Crippen LogP contribution in [0.15, 0.2) is 66.7 Å². The number of aromatic carboxylic acids is 1. The van der Waals surface area contributed by atoms with E-state index < -0.39 is 12.1 Å². The number of fused-ring (bicyclic) bond motifs is 5. The number of nitrogens with zero attached hydrogens (tertiary/aromatic N) is 2. The van der Waals surface area contributed by atoms with Crippen LogP contribution in [0.25, 0.3) is 22.2 Å². The van der Waals surface area contributed by atoms with Gasteiger partial charge in [-0.2, -0.15) is 0 Å². The summed E-state index contributed by atoms with van der Waals surface area (Å²) in [4.78, 5) is 14.4. The zero-order valence-corrected chi connectivity index (χ0v) is 23.3. The molecule has 1 N–H and O–H groups in total. The van der Waals surface area contributed by atoms with Gasteiger partial charge in [-0.1, -0.05) is 49.2 Å². The molecule has 2 aliphatic rings. The summed E-state index contributed by atoms with van der Waals surface area (Å²) in [6.07, 6.45) is 2.39. The number of rotatable bonds is 6. The topological polar surface area (TPSA) is 54.7 Å². The van der Waals surface area contributed by atoms with Crippen LogP contribution < -0.4 is 4.74 Å². The predicted molar refractivity (Wildman–Crippen MR) is 157 cm³/mol. The summed E-state index contributed by atoms with van der Waals surface area (Å²) in [6.45, 7) is 7.18. The fraction of sp³-hybridized carbons (Fsp3) is 0.382. The molecule has 5 nitrogen and oxygen atoms in total. The maximum atomic E-state index is 15.6. The highest BCUT2D eigenvalue weighted by Gasteiger charge is 2.34. The molecule has 1 aliphatic heterocycles. The minimum atomic E-state index is -0.949. The van der Waals surface area contributed by atoms with Gasteiger partial charge in [-0.25, -0.2) is 9.18 Å². The molecule has 2 atom stereocenters. The van der Waals surface area contributed by atoms with Gasteiger partial charge in [0, 0.05) is 48.1 Å². The second-order valence-electron chi connectivity index (χ2n) is 11.5. The average molecular weight is 541 g/mol. The normalized spacial score (nSPS) is 19.6. The van der Waals surface area contributed by atoms with Crippen molar-refractivity contribution in [3.05, 3.63) is 89.0 Å². The van der Waals surface area contributed by atoms with Crippen molar-refractivity contribution in [1.29, 1.82) is 0 Å². The quantitative estimate of drug-likeness (QED) is 0.271. The maximum Gasteiger partial charge on any atom is 0.335 e. The lowest BCUT2D eigenvalue weighted by Crippen LogP contribution is -2.35. The summed E-state index contributed by atoms with van der Waals surface area (Å²) in [5.41, 5.74) is 6.56. The van der Waals surface area contributed by atoms with Gasteiger partial charge < -0.3 is 14.4 Å². The van der Waals surface area contributed by atoms with Crippen LogP contribution in [-0.2, 0) is 19.7 Å². The number of halogens is 1. The van der Waals surface area contributed by atoms with Crippen LogP contribution in [0.5, 0.6) is 5.75 Å². The molecule has 0 spiro atoms. The van der Waals surface area contributed by atoms with Gasteiger partial charge in [-0.3, -0.25) is 4.90 Å². The first kappa shape index (κ1) is 26.6. The lowest BCUT2D eigenvalue weighted by atomic mass is 9.80. The number of carboxylic acids is 1.